The minimum atomic E-state index is -3.51. The summed E-state index contributed by atoms with van der Waals surface area (Å²) in [5.74, 6) is 0.467. The van der Waals surface area contributed by atoms with Gasteiger partial charge in [0.1, 0.15) is 5.82 Å². The van der Waals surface area contributed by atoms with Crippen molar-refractivity contribution in [1.29, 1.82) is 0 Å². The van der Waals surface area contributed by atoms with Crippen molar-refractivity contribution in [3.63, 3.8) is 0 Å². The Morgan fingerprint density at radius 3 is 2.48 bits per heavy atom. The third-order valence-corrected chi connectivity index (χ3v) is 6.36. The molecular weight excluding hydrogens is 394 g/mol. The van der Waals surface area contributed by atoms with Gasteiger partial charge in [-0.05, 0) is 43.7 Å². The summed E-state index contributed by atoms with van der Waals surface area (Å²) in [5.41, 5.74) is 3.90. The van der Waals surface area contributed by atoms with E-state index in [0.717, 1.165) is 0 Å². The second-order valence-electron chi connectivity index (χ2n) is 6.41. The molecule has 0 aliphatic carbocycles. The highest BCUT2D eigenvalue weighted by Crippen LogP contribution is 2.25. The number of nitrogens with one attached hydrogen (secondary N) is 1. The molecule has 1 aromatic heterocycles. The lowest BCUT2D eigenvalue weighted by Crippen LogP contribution is -2.17. The third kappa shape index (κ3) is 4.32. The third-order valence-electron chi connectivity index (χ3n) is 4.16. The number of hydrogen-bond acceptors (Lipinski definition) is 7. The highest BCUT2D eigenvalue weighted by atomic mass is 32.2. The van der Waals surface area contributed by atoms with Crippen molar-refractivity contribution in [1.82, 2.24) is 9.78 Å². The van der Waals surface area contributed by atoms with Gasteiger partial charge in [-0.15, -0.1) is 0 Å². The molecule has 0 saturated carbocycles. The van der Waals surface area contributed by atoms with E-state index < -0.39 is 20.0 Å². The number of nitro groups is 1. The van der Waals surface area contributed by atoms with E-state index in [-0.39, 0.29) is 10.6 Å². The zero-order chi connectivity index (χ0) is 21.0. The lowest BCUT2D eigenvalue weighted by atomic mass is 10.2. The summed E-state index contributed by atoms with van der Waals surface area (Å²) in [7, 11) is -3.51. The normalized spacial score (nSPS) is 11.8. The summed E-state index contributed by atoms with van der Waals surface area (Å²) in [6, 6.07) is 14.2. The Bertz CT molecular complexity index is 1150. The zero-order valence-electron chi connectivity index (χ0n) is 15.8. The molecule has 0 atom stereocenters. The van der Waals surface area contributed by atoms with Crippen LogP contribution in [0.5, 0.6) is 0 Å². The van der Waals surface area contributed by atoms with Gasteiger partial charge in [-0.3, -0.25) is 15.5 Å². The summed E-state index contributed by atoms with van der Waals surface area (Å²) >= 11 is 0. The van der Waals surface area contributed by atoms with Crippen LogP contribution < -0.4 is 5.43 Å². The largest absolute Gasteiger partial charge is 0.269 e. The van der Waals surface area contributed by atoms with Crippen LogP contribution in [0, 0.1) is 10.1 Å². The Morgan fingerprint density at radius 1 is 1.14 bits per heavy atom. The van der Waals surface area contributed by atoms with Gasteiger partial charge in [0.2, 0.25) is 0 Å². The van der Waals surface area contributed by atoms with Crippen molar-refractivity contribution >= 4 is 27.6 Å². The van der Waals surface area contributed by atoms with Gasteiger partial charge in [0, 0.05) is 18.2 Å². The summed E-state index contributed by atoms with van der Waals surface area (Å²) in [6.07, 6.45) is 3.03. The Morgan fingerprint density at radius 2 is 1.83 bits per heavy atom. The number of para-hydroxylation sites is 1. The Kier molecular flexibility index (Phi) is 5.74. The van der Waals surface area contributed by atoms with Crippen LogP contribution >= 0.6 is 0 Å². The fourth-order valence-corrected chi connectivity index (χ4v) is 3.78. The van der Waals surface area contributed by atoms with E-state index in [1.807, 2.05) is 0 Å². The predicted octanol–water partition coefficient (Wildman–Crippen LogP) is 3.41. The lowest BCUT2D eigenvalue weighted by Gasteiger charge is -2.14. The van der Waals surface area contributed by atoms with Gasteiger partial charge in [0.05, 0.1) is 33.2 Å². The minimum absolute atomic E-state index is 0.00356. The molecule has 0 fully saturated rings. The molecule has 3 aromatic rings. The van der Waals surface area contributed by atoms with Crippen LogP contribution in [0.2, 0.25) is 0 Å². The second kappa shape index (κ2) is 8.23. The number of sulfone groups is 1. The lowest BCUT2D eigenvalue weighted by molar-refractivity contribution is -0.384. The van der Waals surface area contributed by atoms with E-state index in [1.165, 1.54) is 29.2 Å². The molecule has 0 amide bonds. The number of aromatic nitrogens is 2. The molecule has 3 rings (SSSR count). The first-order valence-electron chi connectivity index (χ1n) is 8.71. The first kappa shape index (κ1) is 20.2. The monoisotopic (exact) mass is 413 g/mol. The van der Waals surface area contributed by atoms with Crippen LogP contribution in [-0.2, 0) is 9.84 Å². The fraction of sp³-hybridized carbons (Fsp3) is 0.158. The van der Waals surface area contributed by atoms with Crippen LogP contribution in [0.15, 0.2) is 70.8 Å². The fourth-order valence-electron chi connectivity index (χ4n) is 2.56. The maximum Gasteiger partial charge on any atom is 0.269 e. The first-order valence-corrected chi connectivity index (χ1v) is 10.3. The van der Waals surface area contributed by atoms with E-state index in [2.05, 4.69) is 15.6 Å². The molecule has 0 spiro atoms. The van der Waals surface area contributed by atoms with Gasteiger partial charge in [-0.2, -0.15) is 10.2 Å². The van der Waals surface area contributed by atoms with Crippen LogP contribution in [-0.4, -0.2) is 34.6 Å². The van der Waals surface area contributed by atoms with Gasteiger partial charge in [0.15, 0.2) is 9.84 Å². The number of hydrogen-bond donors (Lipinski definition) is 1. The summed E-state index contributed by atoms with van der Waals surface area (Å²) in [6.45, 7) is 3.26. The van der Waals surface area contributed by atoms with Crippen molar-refractivity contribution < 1.29 is 13.3 Å². The SMILES string of the molecule is CC(C)S(=O)(=O)c1ccccc1-n1nccc1NN=Cc1ccc([N+](=O)[O-])cc1. The summed E-state index contributed by atoms with van der Waals surface area (Å²) in [4.78, 5) is 10.4. The first-order chi connectivity index (χ1) is 13.8. The molecule has 0 radical (unpaired) electrons. The minimum Gasteiger partial charge on any atom is -0.261 e. The molecule has 0 unspecified atom stereocenters. The molecule has 0 aliphatic rings. The van der Waals surface area contributed by atoms with E-state index in [1.54, 1.807) is 56.3 Å². The maximum atomic E-state index is 12.7. The average Bonchev–Trinajstić information content (AvgIpc) is 3.16. The van der Waals surface area contributed by atoms with Crippen LogP contribution in [0.25, 0.3) is 5.69 Å². The molecule has 10 heteroatoms. The molecule has 0 bridgehead atoms. The van der Waals surface area contributed by atoms with E-state index in [9.17, 15) is 18.5 Å². The molecule has 0 saturated heterocycles. The van der Waals surface area contributed by atoms with Crippen LogP contribution in [0.1, 0.15) is 19.4 Å². The Balaban J connectivity index is 1.87. The standard InChI is InChI=1S/C19H19N5O4S/c1-14(2)29(27,28)18-6-4-3-5-17(18)23-19(11-12-21-23)22-20-13-15-7-9-16(10-8-15)24(25)26/h3-14,22H,1-2H3. The summed E-state index contributed by atoms with van der Waals surface area (Å²) in [5, 5.41) is 18.5. The topological polar surface area (TPSA) is 119 Å². The van der Waals surface area contributed by atoms with Crippen molar-refractivity contribution in [2.45, 2.75) is 24.0 Å². The van der Waals surface area contributed by atoms with Gasteiger partial charge >= 0.3 is 0 Å². The molecule has 1 heterocycles. The molecule has 2 aromatic carbocycles. The maximum absolute atomic E-state index is 12.7. The van der Waals surface area contributed by atoms with Crippen molar-refractivity contribution in [3.05, 3.63) is 76.5 Å². The number of nitrogens with zero attached hydrogens (tertiary/aromatic N) is 4. The number of nitro benzene ring substituents is 1. The van der Waals surface area contributed by atoms with Gasteiger partial charge in [-0.1, -0.05) is 12.1 Å². The smallest absolute Gasteiger partial charge is 0.261 e. The highest BCUT2D eigenvalue weighted by molar-refractivity contribution is 7.92. The number of benzene rings is 2. The summed E-state index contributed by atoms with van der Waals surface area (Å²) < 4.78 is 26.9. The highest BCUT2D eigenvalue weighted by Gasteiger charge is 2.24. The molecular formula is C19H19N5O4S. The number of hydrazone groups is 1. The molecule has 29 heavy (non-hydrogen) atoms. The van der Waals surface area contributed by atoms with Crippen LogP contribution in [0.4, 0.5) is 11.5 Å². The van der Waals surface area contributed by atoms with Crippen LogP contribution in [0.3, 0.4) is 0 Å². The Labute approximate surface area is 167 Å². The van der Waals surface area contributed by atoms with Gasteiger partial charge in [-0.25, -0.2) is 13.1 Å². The Hall–Kier alpha value is -3.53. The zero-order valence-corrected chi connectivity index (χ0v) is 16.6. The number of non-ortho nitro benzene ring substituents is 1. The van der Waals surface area contributed by atoms with E-state index in [0.29, 0.717) is 17.1 Å². The second-order valence-corrected chi connectivity index (χ2v) is 8.88. The number of rotatable bonds is 7. The molecule has 0 aliphatic heterocycles. The average molecular weight is 413 g/mol. The van der Waals surface area contributed by atoms with E-state index >= 15 is 0 Å². The van der Waals surface area contributed by atoms with E-state index in [4.69, 9.17) is 0 Å². The van der Waals surface area contributed by atoms with Crippen molar-refractivity contribution in [3.8, 4) is 5.69 Å². The van der Waals surface area contributed by atoms with Gasteiger partial charge in [0.25, 0.3) is 5.69 Å². The molecule has 150 valence electrons. The predicted molar refractivity (Wildman–Crippen MR) is 110 cm³/mol. The molecule has 1 N–H and O–H groups in total. The number of anilines is 1. The van der Waals surface area contributed by atoms with Crippen molar-refractivity contribution in [2.75, 3.05) is 5.43 Å². The van der Waals surface area contributed by atoms with Crippen molar-refractivity contribution in [2.24, 2.45) is 5.10 Å². The van der Waals surface area contributed by atoms with Gasteiger partial charge < -0.3 is 0 Å². The molecule has 9 nitrogen and oxygen atoms in total. The quantitative estimate of drug-likeness (QED) is 0.360.